The molecule has 1 aromatic carbocycles. The number of nitrogens with zero attached hydrogens (tertiary/aromatic N) is 1. The molecule has 0 aromatic heterocycles. The highest BCUT2D eigenvalue weighted by molar-refractivity contribution is 6.35. The summed E-state index contributed by atoms with van der Waals surface area (Å²) in [5.41, 5.74) is 0.731. The molecule has 1 unspecified atom stereocenters. The molecule has 0 amide bonds. The van der Waals surface area contributed by atoms with E-state index in [4.69, 9.17) is 23.2 Å². The molecule has 0 saturated carbocycles. The number of nitrogens with one attached hydrogen (secondary N) is 1. The minimum Gasteiger partial charge on any atom is -0.506 e. The number of halogens is 2. The third-order valence-corrected chi connectivity index (χ3v) is 4.54. The van der Waals surface area contributed by atoms with Gasteiger partial charge in [0.15, 0.2) is 0 Å². The van der Waals surface area contributed by atoms with Crippen LogP contribution in [-0.4, -0.2) is 36.7 Å². The predicted molar refractivity (Wildman–Crippen MR) is 91.4 cm³/mol. The van der Waals surface area contributed by atoms with Crippen molar-refractivity contribution in [2.24, 2.45) is 5.92 Å². The van der Waals surface area contributed by atoms with Crippen LogP contribution < -0.4 is 5.32 Å². The predicted octanol–water partition coefficient (Wildman–Crippen LogP) is 4.16. The van der Waals surface area contributed by atoms with Gasteiger partial charge in [-0.2, -0.15) is 0 Å². The number of benzene rings is 1. The number of aromatic hydroxyl groups is 1. The van der Waals surface area contributed by atoms with E-state index in [0.717, 1.165) is 24.9 Å². The molecular formula is C16H26Cl2N2O. The van der Waals surface area contributed by atoms with Crippen molar-refractivity contribution < 1.29 is 5.11 Å². The van der Waals surface area contributed by atoms with Gasteiger partial charge in [-0.3, -0.25) is 0 Å². The monoisotopic (exact) mass is 332 g/mol. The summed E-state index contributed by atoms with van der Waals surface area (Å²) in [6.45, 7) is 5.87. The maximum absolute atomic E-state index is 9.96. The largest absolute Gasteiger partial charge is 0.506 e. The molecule has 0 aliphatic rings. The van der Waals surface area contributed by atoms with Crippen LogP contribution in [0.1, 0.15) is 32.3 Å². The van der Waals surface area contributed by atoms with Crippen LogP contribution in [0.2, 0.25) is 10.0 Å². The standard InChI is InChI=1S/C16H26Cl2N2O/c1-5-11(6-2)15(20(3)4)10-19-9-12-7-13(17)8-14(18)16(12)21/h7-8,11,15,19,21H,5-6,9-10H2,1-4H3. The van der Waals surface area contributed by atoms with Crippen molar-refractivity contribution in [1.29, 1.82) is 0 Å². The molecule has 0 saturated heterocycles. The maximum atomic E-state index is 9.96. The number of likely N-dealkylation sites (N-methyl/N-ethyl adjacent to an activating group) is 1. The second-order valence-corrected chi connectivity index (χ2v) is 6.48. The Hall–Kier alpha value is -0.480. The van der Waals surface area contributed by atoms with Crippen LogP contribution in [0.3, 0.4) is 0 Å². The van der Waals surface area contributed by atoms with Gasteiger partial charge in [0.1, 0.15) is 5.75 Å². The summed E-state index contributed by atoms with van der Waals surface area (Å²) < 4.78 is 0. The number of phenolic OH excluding ortho intramolecular Hbond substituents is 1. The highest BCUT2D eigenvalue weighted by atomic mass is 35.5. The number of hydrogen-bond acceptors (Lipinski definition) is 3. The first-order valence-electron chi connectivity index (χ1n) is 7.44. The van der Waals surface area contributed by atoms with Crippen LogP contribution in [0.4, 0.5) is 0 Å². The van der Waals surface area contributed by atoms with Crippen LogP contribution in [0.5, 0.6) is 5.75 Å². The Morgan fingerprint density at radius 1 is 1.19 bits per heavy atom. The lowest BCUT2D eigenvalue weighted by Crippen LogP contribution is -2.42. The lowest BCUT2D eigenvalue weighted by atomic mass is 9.93. The van der Waals surface area contributed by atoms with Crippen LogP contribution >= 0.6 is 23.2 Å². The number of rotatable bonds is 8. The molecule has 21 heavy (non-hydrogen) atoms. The van der Waals surface area contributed by atoms with Crippen molar-refractivity contribution in [3.63, 3.8) is 0 Å². The van der Waals surface area contributed by atoms with E-state index in [0.29, 0.717) is 28.5 Å². The lowest BCUT2D eigenvalue weighted by molar-refractivity contribution is 0.194. The van der Waals surface area contributed by atoms with Gasteiger partial charge in [-0.25, -0.2) is 0 Å². The first kappa shape index (κ1) is 18.6. The molecule has 1 rings (SSSR count). The Kier molecular flexibility index (Phi) is 7.82. The fourth-order valence-corrected chi connectivity index (χ4v) is 3.25. The Morgan fingerprint density at radius 2 is 1.81 bits per heavy atom. The fourth-order valence-electron chi connectivity index (χ4n) is 2.71. The molecule has 0 fully saturated rings. The molecule has 0 radical (unpaired) electrons. The van der Waals surface area contributed by atoms with Gasteiger partial charge in [-0.15, -0.1) is 0 Å². The van der Waals surface area contributed by atoms with Crippen LogP contribution in [-0.2, 0) is 6.54 Å². The van der Waals surface area contributed by atoms with E-state index >= 15 is 0 Å². The van der Waals surface area contributed by atoms with Gasteiger partial charge in [0.2, 0.25) is 0 Å². The van der Waals surface area contributed by atoms with Gasteiger partial charge < -0.3 is 15.3 Å². The van der Waals surface area contributed by atoms with Gasteiger partial charge in [0.25, 0.3) is 0 Å². The van der Waals surface area contributed by atoms with E-state index in [1.807, 2.05) is 0 Å². The smallest absolute Gasteiger partial charge is 0.138 e. The molecule has 3 nitrogen and oxygen atoms in total. The maximum Gasteiger partial charge on any atom is 0.138 e. The van der Waals surface area contributed by atoms with Gasteiger partial charge in [0.05, 0.1) is 5.02 Å². The summed E-state index contributed by atoms with van der Waals surface area (Å²) in [7, 11) is 4.22. The first-order valence-corrected chi connectivity index (χ1v) is 8.20. The van der Waals surface area contributed by atoms with Crippen molar-refractivity contribution in [2.75, 3.05) is 20.6 Å². The van der Waals surface area contributed by atoms with Crippen molar-refractivity contribution in [3.8, 4) is 5.75 Å². The average molecular weight is 333 g/mol. The summed E-state index contributed by atoms with van der Waals surface area (Å²) in [6, 6.07) is 3.77. The second-order valence-electron chi connectivity index (χ2n) is 5.63. The zero-order valence-electron chi connectivity index (χ0n) is 13.3. The van der Waals surface area contributed by atoms with E-state index in [2.05, 4.69) is 38.2 Å². The molecule has 0 heterocycles. The zero-order chi connectivity index (χ0) is 16.0. The fraction of sp³-hybridized carbons (Fsp3) is 0.625. The topological polar surface area (TPSA) is 35.5 Å². The van der Waals surface area contributed by atoms with Gasteiger partial charge in [-0.1, -0.05) is 49.9 Å². The summed E-state index contributed by atoms with van der Waals surface area (Å²) in [5, 5.41) is 14.2. The average Bonchev–Trinajstić information content (AvgIpc) is 2.43. The first-order chi connectivity index (χ1) is 9.90. The molecular weight excluding hydrogens is 307 g/mol. The van der Waals surface area contributed by atoms with E-state index in [1.54, 1.807) is 12.1 Å². The third-order valence-electron chi connectivity index (χ3n) is 4.03. The van der Waals surface area contributed by atoms with Crippen LogP contribution in [0.15, 0.2) is 12.1 Å². The van der Waals surface area contributed by atoms with Gasteiger partial charge in [0, 0.05) is 29.7 Å². The van der Waals surface area contributed by atoms with Gasteiger partial charge >= 0.3 is 0 Å². The summed E-state index contributed by atoms with van der Waals surface area (Å²) in [4.78, 5) is 2.26. The third kappa shape index (κ3) is 5.33. The Balaban J connectivity index is 2.66. The molecule has 120 valence electrons. The molecule has 0 spiro atoms. The molecule has 2 N–H and O–H groups in total. The summed E-state index contributed by atoms with van der Waals surface area (Å²) in [6.07, 6.45) is 2.32. The van der Waals surface area contributed by atoms with E-state index in [1.165, 1.54) is 0 Å². The molecule has 0 bridgehead atoms. The van der Waals surface area contributed by atoms with Crippen LogP contribution in [0, 0.1) is 5.92 Å². The van der Waals surface area contributed by atoms with E-state index < -0.39 is 0 Å². The van der Waals surface area contributed by atoms with Crippen molar-refractivity contribution in [3.05, 3.63) is 27.7 Å². The Bertz CT molecular complexity index is 448. The normalized spacial score (nSPS) is 13.1. The number of hydrogen-bond donors (Lipinski definition) is 2. The summed E-state index contributed by atoms with van der Waals surface area (Å²) in [5.74, 6) is 0.765. The minimum atomic E-state index is 0.109. The van der Waals surface area contributed by atoms with Crippen molar-refractivity contribution in [2.45, 2.75) is 39.3 Å². The van der Waals surface area contributed by atoms with Crippen LogP contribution in [0.25, 0.3) is 0 Å². The number of phenols is 1. The quantitative estimate of drug-likeness (QED) is 0.750. The molecule has 0 aliphatic heterocycles. The molecule has 5 heteroatoms. The van der Waals surface area contributed by atoms with Gasteiger partial charge in [-0.05, 0) is 32.1 Å². The lowest BCUT2D eigenvalue weighted by Gasteiger charge is -2.31. The van der Waals surface area contributed by atoms with Crippen molar-refractivity contribution in [1.82, 2.24) is 10.2 Å². The summed E-state index contributed by atoms with van der Waals surface area (Å²) >= 11 is 11.9. The Morgan fingerprint density at radius 3 is 2.33 bits per heavy atom. The molecule has 1 aromatic rings. The molecule has 1 atom stereocenters. The van der Waals surface area contributed by atoms with Crippen molar-refractivity contribution >= 4 is 23.2 Å². The van der Waals surface area contributed by atoms with E-state index in [-0.39, 0.29) is 5.75 Å². The SMILES string of the molecule is CCC(CC)C(CNCc1cc(Cl)cc(Cl)c1O)N(C)C. The Labute approximate surface area is 138 Å². The second kappa shape index (κ2) is 8.84. The van der Waals surface area contributed by atoms with E-state index in [9.17, 15) is 5.11 Å². The molecule has 0 aliphatic carbocycles. The minimum absolute atomic E-state index is 0.109. The highest BCUT2D eigenvalue weighted by Gasteiger charge is 2.20. The zero-order valence-corrected chi connectivity index (χ0v) is 14.8. The highest BCUT2D eigenvalue weighted by Crippen LogP contribution is 2.31.